The van der Waals surface area contributed by atoms with Crippen LogP contribution in [0.2, 0.25) is 10.0 Å². The Labute approximate surface area is 121 Å². The quantitative estimate of drug-likeness (QED) is 0.614. The van der Waals surface area contributed by atoms with Gasteiger partial charge in [-0.15, -0.1) is 0 Å². The van der Waals surface area contributed by atoms with Crippen molar-refractivity contribution in [3.05, 3.63) is 27.7 Å². The Kier molecular flexibility index (Phi) is 6.12. The lowest BCUT2D eigenvalue weighted by atomic mass is 10.0. The van der Waals surface area contributed by atoms with Gasteiger partial charge in [0.1, 0.15) is 5.75 Å². The number of Topliss-reactive ketones (excluding diaryl/α,β-unsaturated/α-hetero) is 1. The van der Waals surface area contributed by atoms with Gasteiger partial charge in [-0.2, -0.15) is 0 Å². The van der Waals surface area contributed by atoms with E-state index in [1.54, 1.807) is 0 Å². The van der Waals surface area contributed by atoms with E-state index >= 15 is 0 Å². The minimum absolute atomic E-state index is 0.0599. The number of aliphatic carboxylic acids is 1. The molecule has 6 heteroatoms. The number of hydrogen-bond donors (Lipinski definition) is 1. The van der Waals surface area contributed by atoms with Gasteiger partial charge in [0.2, 0.25) is 0 Å². The number of ketones is 1. The fraction of sp³-hybridized carbons (Fsp3) is 0.385. The first kappa shape index (κ1) is 15.8. The van der Waals surface area contributed by atoms with Crippen LogP contribution in [0.4, 0.5) is 0 Å². The molecule has 0 atom stereocenters. The fourth-order valence-corrected chi connectivity index (χ4v) is 2.10. The average Bonchev–Trinajstić information content (AvgIpc) is 2.36. The fourth-order valence-electron chi connectivity index (χ4n) is 1.60. The molecule has 0 saturated carbocycles. The number of carboxylic acid groups (broad SMARTS) is 1. The number of hydrogen-bond acceptors (Lipinski definition) is 3. The number of carbonyl (C=O) groups is 2. The van der Waals surface area contributed by atoms with Crippen molar-refractivity contribution in [1.82, 2.24) is 0 Å². The molecule has 1 N–H and O–H groups in total. The Morgan fingerprint density at radius 1 is 1.16 bits per heavy atom. The molecule has 19 heavy (non-hydrogen) atoms. The summed E-state index contributed by atoms with van der Waals surface area (Å²) in [6, 6.07) is 2.97. The lowest BCUT2D eigenvalue weighted by Gasteiger charge is -2.08. The predicted octanol–water partition coefficient (Wildman–Crippen LogP) is 3.83. The van der Waals surface area contributed by atoms with Crippen LogP contribution in [0, 0.1) is 0 Å². The van der Waals surface area contributed by atoms with Gasteiger partial charge in [-0.1, -0.05) is 23.2 Å². The van der Waals surface area contributed by atoms with Crippen molar-refractivity contribution >= 4 is 35.0 Å². The monoisotopic (exact) mass is 304 g/mol. The molecule has 0 radical (unpaired) electrons. The molecule has 0 fully saturated rings. The van der Waals surface area contributed by atoms with E-state index in [9.17, 15) is 9.59 Å². The molecular formula is C13H14Cl2O4. The molecular weight excluding hydrogens is 291 g/mol. The minimum Gasteiger partial charge on any atom is -0.495 e. The highest BCUT2D eigenvalue weighted by Crippen LogP contribution is 2.31. The van der Waals surface area contributed by atoms with Crippen molar-refractivity contribution in [3.8, 4) is 5.75 Å². The van der Waals surface area contributed by atoms with E-state index in [0.29, 0.717) is 29.2 Å². The minimum atomic E-state index is -0.863. The number of benzene rings is 1. The van der Waals surface area contributed by atoms with Crippen molar-refractivity contribution in [2.24, 2.45) is 0 Å². The van der Waals surface area contributed by atoms with Gasteiger partial charge in [0.05, 0.1) is 17.2 Å². The molecule has 0 heterocycles. The summed E-state index contributed by atoms with van der Waals surface area (Å²) in [4.78, 5) is 22.3. The summed E-state index contributed by atoms with van der Waals surface area (Å²) in [5.74, 6) is -0.605. The van der Waals surface area contributed by atoms with Crippen LogP contribution >= 0.6 is 23.2 Å². The lowest BCUT2D eigenvalue weighted by molar-refractivity contribution is -0.137. The van der Waals surface area contributed by atoms with Gasteiger partial charge in [0, 0.05) is 24.5 Å². The van der Waals surface area contributed by atoms with E-state index < -0.39 is 5.97 Å². The van der Waals surface area contributed by atoms with Gasteiger partial charge in [-0.25, -0.2) is 0 Å². The summed E-state index contributed by atoms with van der Waals surface area (Å²) < 4.78 is 4.99. The molecule has 0 amide bonds. The van der Waals surface area contributed by atoms with Gasteiger partial charge in [-0.3, -0.25) is 9.59 Å². The van der Waals surface area contributed by atoms with E-state index in [-0.39, 0.29) is 23.6 Å². The average molecular weight is 305 g/mol. The van der Waals surface area contributed by atoms with E-state index in [1.165, 1.54) is 19.2 Å². The number of unbranched alkanes of at least 4 members (excludes halogenated alkanes) is 1. The number of halogens is 2. The van der Waals surface area contributed by atoms with Gasteiger partial charge in [0.15, 0.2) is 5.78 Å². The van der Waals surface area contributed by atoms with Crippen LogP contribution in [0.5, 0.6) is 5.75 Å². The van der Waals surface area contributed by atoms with Crippen LogP contribution < -0.4 is 4.74 Å². The Morgan fingerprint density at radius 2 is 1.79 bits per heavy atom. The van der Waals surface area contributed by atoms with Crippen molar-refractivity contribution < 1.29 is 19.4 Å². The van der Waals surface area contributed by atoms with Crippen molar-refractivity contribution in [2.45, 2.75) is 25.7 Å². The van der Waals surface area contributed by atoms with E-state index in [2.05, 4.69) is 0 Å². The third-order valence-corrected chi connectivity index (χ3v) is 3.19. The van der Waals surface area contributed by atoms with Gasteiger partial charge in [0.25, 0.3) is 0 Å². The molecule has 0 saturated heterocycles. The molecule has 0 spiro atoms. The zero-order chi connectivity index (χ0) is 14.4. The van der Waals surface area contributed by atoms with Gasteiger partial charge < -0.3 is 9.84 Å². The second kappa shape index (κ2) is 7.36. The molecule has 0 unspecified atom stereocenters. The molecule has 0 aliphatic rings. The predicted molar refractivity (Wildman–Crippen MR) is 73.4 cm³/mol. The van der Waals surface area contributed by atoms with Crippen LogP contribution in [-0.4, -0.2) is 24.0 Å². The molecule has 104 valence electrons. The highest BCUT2D eigenvalue weighted by molar-refractivity contribution is 6.36. The van der Waals surface area contributed by atoms with E-state index in [0.717, 1.165) is 0 Å². The third-order valence-electron chi connectivity index (χ3n) is 2.59. The molecule has 1 aromatic rings. The first-order chi connectivity index (χ1) is 8.95. The summed E-state index contributed by atoms with van der Waals surface area (Å²) >= 11 is 11.9. The first-order valence-electron chi connectivity index (χ1n) is 5.73. The summed E-state index contributed by atoms with van der Waals surface area (Å²) in [6.45, 7) is 0. The van der Waals surface area contributed by atoms with Gasteiger partial charge >= 0.3 is 5.97 Å². The second-order valence-electron chi connectivity index (χ2n) is 3.99. The van der Waals surface area contributed by atoms with E-state index in [1.807, 2.05) is 0 Å². The van der Waals surface area contributed by atoms with Crippen LogP contribution in [0.3, 0.4) is 0 Å². The second-order valence-corrected chi connectivity index (χ2v) is 4.81. The Morgan fingerprint density at radius 3 is 2.37 bits per heavy atom. The van der Waals surface area contributed by atoms with Gasteiger partial charge in [-0.05, 0) is 18.9 Å². The summed E-state index contributed by atoms with van der Waals surface area (Å²) in [5.41, 5.74) is 0.336. The lowest BCUT2D eigenvalue weighted by Crippen LogP contribution is -2.02. The summed E-state index contributed by atoms with van der Waals surface area (Å²) in [7, 11) is 1.46. The standard InChI is InChI=1S/C13H14Cl2O4/c1-19-12-7-9(14)8(6-10(12)15)11(16)4-2-3-5-13(17)18/h6-7H,2-5H2,1H3,(H,17,18). The van der Waals surface area contributed by atoms with Crippen LogP contribution in [-0.2, 0) is 4.79 Å². The Bertz CT molecular complexity index is 486. The van der Waals surface area contributed by atoms with Crippen molar-refractivity contribution in [3.63, 3.8) is 0 Å². The normalized spacial score (nSPS) is 10.3. The smallest absolute Gasteiger partial charge is 0.303 e. The first-order valence-corrected chi connectivity index (χ1v) is 6.49. The van der Waals surface area contributed by atoms with Crippen LogP contribution in [0.1, 0.15) is 36.0 Å². The van der Waals surface area contributed by atoms with Crippen LogP contribution in [0.25, 0.3) is 0 Å². The molecule has 0 aliphatic heterocycles. The summed E-state index contributed by atoms with van der Waals surface area (Å²) in [6.07, 6.45) is 1.27. The summed E-state index contributed by atoms with van der Waals surface area (Å²) in [5, 5.41) is 9.10. The zero-order valence-corrected chi connectivity index (χ0v) is 11.9. The van der Waals surface area contributed by atoms with E-state index in [4.69, 9.17) is 33.0 Å². The maximum atomic E-state index is 11.9. The molecule has 4 nitrogen and oxygen atoms in total. The number of ether oxygens (including phenoxy) is 1. The Hall–Kier alpha value is -1.26. The van der Waals surface area contributed by atoms with Crippen molar-refractivity contribution in [1.29, 1.82) is 0 Å². The highest BCUT2D eigenvalue weighted by atomic mass is 35.5. The number of rotatable bonds is 7. The molecule has 1 aromatic carbocycles. The largest absolute Gasteiger partial charge is 0.495 e. The maximum absolute atomic E-state index is 11.9. The molecule has 0 aliphatic carbocycles. The molecule has 1 rings (SSSR count). The topological polar surface area (TPSA) is 63.6 Å². The Balaban J connectivity index is 2.67. The third kappa shape index (κ3) is 4.73. The molecule has 0 bridgehead atoms. The number of methoxy groups -OCH3 is 1. The number of carbonyl (C=O) groups excluding carboxylic acids is 1. The highest BCUT2D eigenvalue weighted by Gasteiger charge is 2.14. The SMILES string of the molecule is COc1cc(Cl)c(C(=O)CCCCC(=O)O)cc1Cl. The van der Waals surface area contributed by atoms with Crippen LogP contribution in [0.15, 0.2) is 12.1 Å². The van der Waals surface area contributed by atoms with Crippen molar-refractivity contribution in [2.75, 3.05) is 7.11 Å². The zero-order valence-electron chi connectivity index (χ0n) is 10.4. The number of carboxylic acids is 1. The molecule has 0 aromatic heterocycles. The maximum Gasteiger partial charge on any atom is 0.303 e.